The van der Waals surface area contributed by atoms with Crippen molar-refractivity contribution in [3.63, 3.8) is 0 Å². The van der Waals surface area contributed by atoms with Gasteiger partial charge in [0.25, 0.3) is 0 Å². The zero-order valence-corrected chi connectivity index (χ0v) is 8.72. The van der Waals surface area contributed by atoms with Crippen molar-refractivity contribution in [3.05, 3.63) is 0 Å². The molecule has 78 valence electrons. The summed E-state index contributed by atoms with van der Waals surface area (Å²) in [5, 5.41) is 0. The number of halogens is 1. The molecule has 0 saturated carbocycles. The molecule has 0 amide bonds. The van der Waals surface area contributed by atoms with Crippen molar-refractivity contribution in [1.82, 2.24) is 4.90 Å². The van der Waals surface area contributed by atoms with Crippen LogP contribution in [-0.2, 0) is 0 Å². The predicted octanol–water partition coefficient (Wildman–Crippen LogP) is 1.41. The Hall–Kier alpha value is -0.150. The van der Waals surface area contributed by atoms with Crippen LogP contribution in [0.5, 0.6) is 0 Å². The van der Waals surface area contributed by atoms with Crippen molar-refractivity contribution < 1.29 is 4.39 Å². The highest BCUT2D eigenvalue weighted by Gasteiger charge is 2.38. The van der Waals surface area contributed by atoms with Crippen molar-refractivity contribution >= 4 is 0 Å². The molecule has 0 radical (unpaired) electrons. The molecule has 2 N–H and O–H groups in total. The largest absolute Gasteiger partial charge is 0.330 e. The second kappa shape index (κ2) is 4.38. The predicted molar refractivity (Wildman–Crippen MR) is 53.4 cm³/mol. The summed E-state index contributed by atoms with van der Waals surface area (Å²) >= 11 is 0. The van der Waals surface area contributed by atoms with E-state index in [0.29, 0.717) is 6.54 Å². The normalized spacial score (nSPS) is 33.2. The van der Waals surface area contributed by atoms with Gasteiger partial charge in [-0.2, -0.15) is 0 Å². The third-order valence-electron chi connectivity index (χ3n) is 3.29. The molecule has 0 aliphatic carbocycles. The summed E-state index contributed by atoms with van der Waals surface area (Å²) in [5.41, 5.74) is 5.38. The molecule has 1 rings (SSSR count). The summed E-state index contributed by atoms with van der Waals surface area (Å²) in [6.07, 6.45) is 2.17. The minimum Gasteiger partial charge on any atom is -0.330 e. The second-order valence-electron chi connectivity index (χ2n) is 4.36. The van der Waals surface area contributed by atoms with Crippen molar-refractivity contribution in [1.29, 1.82) is 0 Å². The second-order valence-corrected chi connectivity index (χ2v) is 4.36. The molecule has 1 fully saturated rings. The Morgan fingerprint density at radius 3 is 2.77 bits per heavy atom. The highest BCUT2D eigenvalue weighted by atomic mass is 19.1. The van der Waals surface area contributed by atoms with Crippen LogP contribution in [0.1, 0.15) is 26.2 Å². The van der Waals surface area contributed by atoms with Gasteiger partial charge in [-0.05, 0) is 46.3 Å². The number of rotatable bonds is 3. The maximum atomic E-state index is 13.5. The van der Waals surface area contributed by atoms with Crippen molar-refractivity contribution in [2.24, 2.45) is 11.1 Å². The monoisotopic (exact) mass is 188 g/mol. The van der Waals surface area contributed by atoms with Crippen molar-refractivity contribution in [2.45, 2.75) is 32.4 Å². The fourth-order valence-electron chi connectivity index (χ4n) is 2.41. The molecule has 1 aliphatic rings. The lowest BCUT2D eigenvalue weighted by Gasteiger charge is -2.42. The van der Waals surface area contributed by atoms with E-state index in [1.54, 1.807) is 6.92 Å². The van der Waals surface area contributed by atoms with Gasteiger partial charge in [-0.25, -0.2) is 4.39 Å². The Morgan fingerprint density at radius 1 is 1.62 bits per heavy atom. The van der Waals surface area contributed by atoms with Gasteiger partial charge in [-0.15, -0.1) is 0 Å². The minimum atomic E-state index is -0.737. The Kier molecular flexibility index (Phi) is 3.68. The molecule has 0 bridgehead atoms. The standard InChI is InChI=1S/C10H21FN2/c1-9(11)10(5-6-12)4-3-7-13(2)8-10/h9H,3-8,12H2,1-2H3. The Morgan fingerprint density at radius 2 is 2.31 bits per heavy atom. The summed E-state index contributed by atoms with van der Waals surface area (Å²) in [7, 11) is 2.06. The van der Waals surface area contributed by atoms with Gasteiger partial charge in [-0.1, -0.05) is 0 Å². The SMILES string of the molecule is CC(F)C1(CCN)CCCN(C)C1. The van der Waals surface area contributed by atoms with E-state index >= 15 is 0 Å². The lowest BCUT2D eigenvalue weighted by atomic mass is 9.74. The maximum Gasteiger partial charge on any atom is 0.104 e. The first-order valence-electron chi connectivity index (χ1n) is 5.13. The van der Waals surface area contributed by atoms with E-state index in [9.17, 15) is 4.39 Å². The molecule has 2 atom stereocenters. The molecule has 13 heavy (non-hydrogen) atoms. The van der Waals surface area contributed by atoms with E-state index in [1.165, 1.54) is 0 Å². The van der Waals surface area contributed by atoms with E-state index in [1.807, 2.05) is 0 Å². The molecule has 2 unspecified atom stereocenters. The number of nitrogens with two attached hydrogens (primary N) is 1. The Labute approximate surface area is 80.3 Å². The van der Waals surface area contributed by atoms with E-state index in [0.717, 1.165) is 32.4 Å². The van der Waals surface area contributed by atoms with E-state index in [4.69, 9.17) is 5.73 Å². The van der Waals surface area contributed by atoms with Crippen LogP contribution in [-0.4, -0.2) is 37.8 Å². The first-order chi connectivity index (χ1) is 6.10. The molecular weight excluding hydrogens is 167 g/mol. The number of nitrogens with zero attached hydrogens (tertiary/aromatic N) is 1. The summed E-state index contributed by atoms with van der Waals surface area (Å²) in [6.45, 7) is 4.23. The lowest BCUT2D eigenvalue weighted by Crippen LogP contribution is -2.47. The van der Waals surface area contributed by atoms with Gasteiger partial charge >= 0.3 is 0 Å². The third-order valence-corrected chi connectivity index (χ3v) is 3.29. The van der Waals surface area contributed by atoms with E-state index in [-0.39, 0.29) is 5.41 Å². The van der Waals surface area contributed by atoms with Gasteiger partial charge in [-0.3, -0.25) is 0 Å². The minimum absolute atomic E-state index is 0.165. The smallest absolute Gasteiger partial charge is 0.104 e. The topological polar surface area (TPSA) is 29.3 Å². The van der Waals surface area contributed by atoms with E-state index < -0.39 is 6.17 Å². The van der Waals surface area contributed by atoms with Crippen LogP contribution >= 0.6 is 0 Å². The van der Waals surface area contributed by atoms with Gasteiger partial charge in [0.1, 0.15) is 6.17 Å². The number of alkyl halides is 1. The Balaban J connectivity index is 2.64. The zero-order valence-electron chi connectivity index (χ0n) is 8.72. The van der Waals surface area contributed by atoms with Crippen LogP contribution in [0.15, 0.2) is 0 Å². The molecule has 0 spiro atoms. The van der Waals surface area contributed by atoms with Crippen LogP contribution in [0.25, 0.3) is 0 Å². The third kappa shape index (κ3) is 2.41. The van der Waals surface area contributed by atoms with Crippen LogP contribution in [0.4, 0.5) is 4.39 Å². The molecule has 2 nitrogen and oxygen atoms in total. The molecule has 0 aromatic rings. The summed E-state index contributed by atoms with van der Waals surface area (Å²) in [4.78, 5) is 2.22. The highest BCUT2D eigenvalue weighted by Crippen LogP contribution is 2.37. The summed E-state index contributed by atoms with van der Waals surface area (Å²) in [6, 6.07) is 0. The van der Waals surface area contributed by atoms with Crippen LogP contribution in [0, 0.1) is 5.41 Å². The van der Waals surface area contributed by atoms with Crippen molar-refractivity contribution in [3.8, 4) is 0 Å². The molecule has 1 heterocycles. The first-order valence-corrected chi connectivity index (χ1v) is 5.13. The van der Waals surface area contributed by atoms with Crippen LogP contribution in [0.3, 0.4) is 0 Å². The quantitative estimate of drug-likeness (QED) is 0.725. The van der Waals surface area contributed by atoms with Gasteiger partial charge in [0.05, 0.1) is 0 Å². The molecule has 1 saturated heterocycles. The number of hydrogen-bond acceptors (Lipinski definition) is 2. The molecule has 3 heteroatoms. The van der Waals surface area contributed by atoms with Crippen LogP contribution < -0.4 is 5.73 Å². The van der Waals surface area contributed by atoms with E-state index in [2.05, 4.69) is 11.9 Å². The molecular formula is C10H21FN2. The Bertz CT molecular complexity index is 157. The van der Waals surface area contributed by atoms with Crippen molar-refractivity contribution in [2.75, 3.05) is 26.7 Å². The van der Waals surface area contributed by atoms with Gasteiger partial charge in [0, 0.05) is 12.0 Å². The first kappa shape index (κ1) is 10.9. The lowest BCUT2D eigenvalue weighted by molar-refractivity contribution is 0.0273. The zero-order chi connectivity index (χ0) is 9.90. The van der Waals surface area contributed by atoms with Gasteiger partial charge in [0.2, 0.25) is 0 Å². The number of likely N-dealkylation sites (tertiary alicyclic amines) is 1. The summed E-state index contributed by atoms with van der Waals surface area (Å²) in [5.74, 6) is 0. The average molecular weight is 188 g/mol. The van der Waals surface area contributed by atoms with Crippen LogP contribution in [0.2, 0.25) is 0 Å². The number of piperidine rings is 1. The fraction of sp³-hybridized carbons (Fsp3) is 1.00. The highest BCUT2D eigenvalue weighted by molar-refractivity contribution is 4.90. The average Bonchev–Trinajstić information content (AvgIpc) is 2.04. The fourth-order valence-corrected chi connectivity index (χ4v) is 2.41. The molecule has 1 aliphatic heterocycles. The number of hydrogen-bond donors (Lipinski definition) is 1. The van der Waals surface area contributed by atoms with Gasteiger partial charge in [0.15, 0.2) is 0 Å². The molecule has 0 aromatic heterocycles. The van der Waals surface area contributed by atoms with Gasteiger partial charge < -0.3 is 10.6 Å². The summed E-state index contributed by atoms with van der Waals surface area (Å²) < 4.78 is 13.5. The molecule has 0 aromatic carbocycles. The maximum absolute atomic E-state index is 13.5.